The van der Waals surface area contributed by atoms with Gasteiger partial charge in [-0.2, -0.15) is 0 Å². The van der Waals surface area contributed by atoms with Crippen LogP contribution in [-0.2, 0) is 21.2 Å². The predicted octanol–water partition coefficient (Wildman–Crippen LogP) is 2.48. The van der Waals surface area contributed by atoms with E-state index in [0.717, 1.165) is 15.4 Å². The molecule has 1 heterocycles. The smallest absolute Gasteiger partial charge is 0.322 e. The minimum atomic E-state index is -3.51. The first-order chi connectivity index (χ1) is 13.3. The summed E-state index contributed by atoms with van der Waals surface area (Å²) < 4.78 is 30.8. The van der Waals surface area contributed by atoms with Crippen molar-refractivity contribution in [2.45, 2.75) is 18.2 Å². The number of anilines is 1. The van der Waals surface area contributed by atoms with Gasteiger partial charge in [0.1, 0.15) is 0 Å². The number of aryl methyl sites for hydroxylation is 1. The Bertz CT molecular complexity index is 1090. The summed E-state index contributed by atoms with van der Waals surface area (Å²) in [6, 6.07) is 13.7. The number of amides is 1. The molecule has 1 N–H and O–H groups in total. The van der Waals surface area contributed by atoms with Gasteiger partial charge in [-0.15, -0.1) is 5.10 Å². The lowest BCUT2D eigenvalue weighted by atomic mass is 10.1. The van der Waals surface area contributed by atoms with Crippen molar-refractivity contribution in [2.75, 3.05) is 19.4 Å². The van der Waals surface area contributed by atoms with Crippen molar-refractivity contribution < 1.29 is 17.6 Å². The third kappa shape index (κ3) is 4.44. The Labute approximate surface area is 163 Å². The molecule has 1 amide bonds. The fraction of sp³-hybridized carbons (Fsp3) is 0.211. The summed E-state index contributed by atoms with van der Waals surface area (Å²) in [5.41, 5.74) is 2.50. The molecule has 0 radical (unpaired) electrons. The number of carbonyl (C=O) groups excluding carboxylic acids is 1. The Morgan fingerprint density at radius 1 is 1.11 bits per heavy atom. The first kappa shape index (κ1) is 19.7. The van der Waals surface area contributed by atoms with E-state index in [4.69, 9.17) is 4.42 Å². The van der Waals surface area contributed by atoms with Gasteiger partial charge in [0, 0.05) is 19.7 Å². The van der Waals surface area contributed by atoms with Crippen molar-refractivity contribution in [1.82, 2.24) is 14.5 Å². The van der Waals surface area contributed by atoms with Crippen molar-refractivity contribution >= 4 is 21.9 Å². The Morgan fingerprint density at radius 2 is 1.82 bits per heavy atom. The van der Waals surface area contributed by atoms with E-state index in [1.165, 1.54) is 26.2 Å². The van der Waals surface area contributed by atoms with Gasteiger partial charge in [-0.1, -0.05) is 34.9 Å². The average Bonchev–Trinajstić information content (AvgIpc) is 3.10. The fourth-order valence-electron chi connectivity index (χ4n) is 2.54. The monoisotopic (exact) mass is 400 g/mol. The Kier molecular flexibility index (Phi) is 5.57. The van der Waals surface area contributed by atoms with E-state index in [1.807, 2.05) is 31.2 Å². The van der Waals surface area contributed by atoms with Crippen LogP contribution in [0.25, 0.3) is 11.5 Å². The van der Waals surface area contributed by atoms with Crippen LogP contribution in [0.2, 0.25) is 0 Å². The van der Waals surface area contributed by atoms with Crippen molar-refractivity contribution in [1.29, 1.82) is 0 Å². The molecule has 0 aliphatic carbocycles. The molecule has 28 heavy (non-hydrogen) atoms. The van der Waals surface area contributed by atoms with Gasteiger partial charge in [0.05, 0.1) is 11.3 Å². The average molecular weight is 400 g/mol. The Balaban J connectivity index is 1.69. The maximum atomic E-state index is 12.1. The summed E-state index contributed by atoms with van der Waals surface area (Å²) in [4.78, 5) is 12.3. The molecular formula is C19H20N4O4S. The highest BCUT2D eigenvalue weighted by Gasteiger charge is 2.18. The van der Waals surface area contributed by atoms with Gasteiger partial charge in [0.2, 0.25) is 21.8 Å². The molecule has 0 fully saturated rings. The molecule has 2 aromatic carbocycles. The zero-order valence-electron chi connectivity index (χ0n) is 15.7. The summed E-state index contributed by atoms with van der Waals surface area (Å²) in [7, 11) is -0.579. The molecule has 0 bridgehead atoms. The number of hydrogen-bond donors (Lipinski definition) is 1. The van der Waals surface area contributed by atoms with Crippen LogP contribution in [-0.4, -0.2) is 42.9 Å². The number of benzene rings is 2. The van der Waals surface area contributed by atoms with Crippen LogP contribution in [0.4, 0.5) is 6.01 Å². The normalized spacial score (nSPS) is 11.6. The van der Waals surface area contributed by atoms with Gasteiger partial charge in [-0.25, -0.2) is 12.7 Å². The minimum absolute atomic E-state index is 0.0161. The molecule has 9 heteroatoms. The number of nitrogens with one attached hydrogen (secondary N) is 1. The Hall–Kier alpha value is -3.04. The minimum Gasteiger partial charge on any atom is -0.403 e. The van der Waals surface area contributed by atoms with Crippen molar-refractivity contribution in [3.8, 4) is 11.5 Å². The van der Waals surface area contributed by atoms with E-state index in [9.17, 15) is 13.2 Å². The van der Waals surface area contributed by atoms with Crippen molar-refractivity contribution in [3.63, 3.8) is 0 Å². The summed E-state index contributed by atoms with van der Waals surface area (Å²) >= 11 is 0. The lowest BCUT2D eigenvalue weighted by Gasteiger charge is -2.11. The standard InChI is InChI=1S/C19H20N4O4S/c1-13-5-4-6-14(11-13)12-17(24)20-19-22-21-18(27-19)15-7-9-16(10-8-15)28(25,26)23(2)3/h4-11H,12H2,1-3H3,(H,20,22,24). The van der Waals surface area contributed by atoms with Gasteiger partial charge < -0.3 is 4.42 Å². The maximum absolute atomic E-state index is 12.1. The van der Waals surface area contributed by atoms with Gasteiger partial charge in [0.15, 0.2) is 0 Å². The van der Waals surface area contributed by atoms with E-state index >= 15 is 0 Å². The number of carbonyl (C=O) groups is 1. The van der Waals surface area contributed by atoms with Crippen LogP contribution < -0.4 is 5.32 Å². The van der Waals surface area contributed by atoms with Gasteiger partial charge >= 0.3 is 6.01 Å². The molecule has 0 saturated heterocycles. The number of sulfonamides is 1. The highest BCUT2D eigenvalue weighted by atomic mass is 32.2. The largest absolute Gasteiger partial charge is 0.403 e. The highest BCUT2D eigenvalue weighted by Crippen LogP contribution is 2.22. The number of nitrogens with zero attached hydrogens (tertiary/aromatic N) is 3. The predicted molar refractivity (Wildman–Crippen MR) is 104 cm³/mol. The number of hydrogen-bond acceptors (Lipinski definition) is 6. The molecule has 1 aromatic heterocycles. The third-order valence-corrected chi connectivity index (χ3v) is 5.83. The van der Waals surface area contributed by atoms with Crippen LogP contribution in [0.5, 0.6) is 0 Å². The molecular weight excluding hydrogens is 380 g/mol. The van der Waals surface area contributed by atoms with Crippen molar-refractivity contribution in [2.24, 2.45) is 0 Å². The van der Waals surface area contributed by atoms with Crippen molar-refractivity contribution in [3.05, 3.63) is 59.7 Å². The number of rotatable bonds is 6. The lowest BCUT2D eigenvalue weighted by Crippen LogP contribution is -2.22. The zero-order chi connectivity index (χ0) is 20.3. The molecule has 3 aromatic rings. The van der Waals surface area contributed by atoms with E-state index in [0.29, 0.717) is 5.56 Å². The Morgan fingerprint density at radius 3 is 2.46 bits per heavy atom. The maximum Gasteiger partial charge on any atom is 0.322 e. The van der Waals surface area contributed by atoms with Crippen LogP contribution >= 0.6 is 0 Å². The van der Waals surface area contributed by atoms with Crippen LogP contribution in [0, 0.1) is 6.92 Å². The molecule has 0 unspecified atom stereocenters. The molecule has 0 atom stereocenters. The van der Waals surface area contributed by atoms with Crippen LogP contribution in [0.15, 0.2) is 57.8 Å². The summed E-state index contributed by atoms with van der Waals surface area (Å²) in [6.07, 6.45) is 0.191. The molecule has 0 spiro atoms. The first-order valence-electron chi connectivity index (χ1n) is 8.47. The second kappa shape index (κ2) is 7.91. The SMILES string of the molecule is Cc1cccc(CC(=O)Nc2nnc(-c3ccc(S(=O)(=O)N(C)C)cc3)o2)c1. The van der Waals surface area contributed by atoms with Gasteiger partial charge in [-0.3, -0.25) is 10.1 Å². The first-order valence-corrected chi connectivity index (χ1v) is 9.91. The van der Waals surface area contributed by atoms with E-state index < -0.39 is 10.0 Å². The highest BCUT2D eigenvalue weighted by molar-refractivity contribution is 7.89. The quantitative estimate of drug-likeness (QED) is 0.681. The lowest BCUT2D eigenvalue weighted by molar-refractivity contribution is -0.115. The second-order valence-electron chi connectivity index (χ2n) is 6.44. The molecule has 3 rings (SSSR count). The van der Waals surface area contributed by atoms with Gasteiger partial charge in [0.25, 0.3) is 0 Å². The second-order valence-corrected chi connectivity index (χ2v) is 8.59. The molecule has 0 aliphatic rings. The third-order valence-electron chi connectivity index (χ3n) is 4.00. The summed E-state index contributed by atoms with van der Waals surface area (Å²) in [5.74, 6) is -0.0899. The number of aromatic nitrogens is 2. The van der Waals surface area contributed by atoms with E-state index in [-0.39, 0.29) is 29.1 Å². The van der Waals surface area contributed by atoms with Crippen LogP contribution in [0.1, 0.15) is 11.1 Å². The van der Waals surface area contributed by atoms with E-state index in [2.05, 4.69) is 15.5 Å². The molecule has 0 saturated carbocycles. The molecule has 0 aliphatic heterocycles. The fourth-order valence-corrected chi connectivity index (χ4v) is 3.44. The van der Waals surface area contributed by atoms with Crippen LogP contribution in [0.3, 0.4) is 0 Å². The van der Waals surface area contributed by atoms with E-state index in [1.54, 1.807) is 12.1 Å². The summed E-state index contributed by atoms with van der Waals surface area (Å²) in [5, 5.41) is 10.3. The topological polar surface area (TPSA) is 105 Å². The molecule has 8 nitrogen and oxygen atoms in total. The van der Waals surface area contributed by atoms with Gasteiger partial charge in [-0.05, 0) is 36.8 Å². The molecule has 146 valence electrons. The summed E-state index contributed by atoms with van der Waals surface area (Å²) in [6.45, 7) is 1.96. The zero-order valence-corrected chi connectivity index (χ0v) is 16.5.